The van der Waals surface area contributed by atoms with Crippen molar-refractivity contribution in [2.24, 2.45) is 0 Å². The van der Waals surface area contributed by atoms with E-state index in [1.807, 2.05) is 18.2 Å². The van der Waals surface area contributed by atoms with E-state index in [4.69, 9.17) is 15.3 Å². The standard InChI is InChI=1S/C9H11BN2O2/c11-5-8-1-3-9(4-2-8)6-12-7-10(13)14/h1-4,12-14H,6-7H2. The van der Waals surface area contributed by atoms with Crippen LogP contribution in [0, 0.1) is 11.3 Å². The first-order valence-corrected chi connectivity index (χ1v) is 4.28. The molecule has 0 fully saturated rings. The van der Waals surface area contributed by atoms with Gasteiger partial charge in [-0.2, -0.15) is 5.26 Å². The third-order valence-corrected chi connectivity index (χ3v) is 1.74. The Morgan fingerprint density at radius 3 is 2.43 bits per heavy atom. The Morgan fingerprint density at radius 2 is 1.93 bits per heavy atom. The van der Waals surface area contributed by atoms with Crippen LogP contribution in [0.15, 0.2) is 24.3 Å². The summed E-state index contributed by atoms with van der Waals surface area (Å²) in [5.74, 6) is 0. The van der Waals surface area contributed by atoms with Gasteiger partial charge in [0.25, 0.3) is 0 Å². The monoisotopic (exact) mass is 190 g/mol. The van der Waals surface area contributed by atoms with Gasteiger partial charge >= 0.3 is 7.12 Å². The van der Waals surface area contributed by atoms with Crippen molar-refractivity contribution in [3.63, 3.8) is 0 Å². The molecule has 0 aliphatic carbocycles. The molecule has 14 heavy (non-hydrogen) atoms. The summed E-state index contributed by atoms with van der Waals surface area (Å²) >= 11 is 0. The molecule has 72 valence electrons. The second kappa shape index (κ2) is 5.40. The predicted molar refractivity (Wildman–Crippen MR) is 53.1 cm³/mol. The number of hydrogen-bond donors (Lipinski definition) is 3. The molecule has 0 aliphatic rings. The van der Waals surface area contributed by atoms with Crippen molar-refractivity contribution in [2.75, 3.05) is 6.44 Å². The Kier molecular flexibility index (Phi) is 4.14. The summed E-state index contributed by atoms with van der Waals surface area (Å²) in [6.07, 6.45) is 0.139. The van der Waals surface area contributed by atoms with Crippen LogP contribution in [-0.4, -0.2) is 23.6 Å². The Hall–Kier alpha value is -1.35. The minimum Gasteiger partial charge on any atom is -0.426 e. The summed E-state index contributed by atoms with van der Waals surface area (Å²) in [7, 11) is -1.33. The molecule has 0 aliphatic heterocycles. The molecule has 4 nitrogen and oxygen atoms in total. The summed E-state index contributed by atoms with van der Waals surface area (Å²) in [5, 5.41) is 28.5. The summed E-state index contributed by atoms with van der Waals surface area (Å²) in [5.41, 5.74) is 1.63. The van der Waals surface area contributed by atoms with Crippen LogP contribution in [0.3, 0.4) is 0 Å². The third-order valence-electron chi connectivity index (χ3n) is 1.74. The van der Waals surface area contributed by atoms with E-state index in [0.717, 1.165) is 5.56 Å². The lowest BCUT2D eigenvalue weighted by Gasteiger charge is -2.03. The summed E-state index contributed by atoms with van der Waals surface area (Å²) in [4.78, 5) is 0. The molecule has 0 unspecified atom stereocenters. The van der Waals surface area contributed by atoms with Gasteiger partial charge in [0.05, 0.1) is 11.6 Å². The molecule has 0 bridgehead atoms. The van der Waals surface area contributed by atoms with Gasteiger partial charge in [-0.3, -0.25) is 0 Å². The molecular formula is C9H11BN2O2. The second-order valence-corrected chi connectivity index (χ2v) is 2.92. The topological polar surface area (TPSA) is 76.3 Å². The van der Waals surface area contributed by atoms with Crippen LogP contribution >= 0.6 is 0 Å². The van der Waals surface area contributed by atoms with Gasteiger partial charge in [0.2, 0.25) is 0 Å². The maximum atomic E-state index is 8.56. The Bertz CT molecular complexity index is 319. The molecule has 0 saturated carbocycles. The zero-order chi connectivity index (χ0) is 10.4. The average molecular weight is 190 g/mol. The summed E-state index contributed by atoms with van der Waals surface area (Å²) in [6.45, 7) is 0.559. The van der Waals surface area contributed by atoms with E-state index >= 15 is 0 Å². The highest BCUT2D eigenvalue weighted by atomic mass is 16.4. The molecular weight excluding hydrogens is 179 g/mol. The van der Waals surface area contributed by atoms with Gasteiger partial charge in [-0.1, -0.05) is 12.1 Å². The lowest BCUT2D eigenvalue weighted by molar-refractivity contribution is 0.399. The highest BCUT2D eigenvalue weighted by Gasteiger charge is 2.04. The molecule has 5 heteroatoms. The Morgan fingerprint density at radius 1 is 1.29 bits per heavy atom. The first kappa shape index (κ1) is 10.7. The SMILES string of the molecule is N#Cc1ccc(CNCB(O)O)cc1. The maximum absolute atomic E-state index is 8.56. The fourth-order valence-corrected chi connectivity index (χ4v) is 1.04. The average Bonchev–Trinajstić information content (AvgIpc) is 2.18. The first-order valence-electron chi connectivity index (χ1n) is 4.28. The minimum atomic E-state index is -1.33. The van der Waals surface area contributed by atoms with Gasteiger partial charge in [-0.05, 0) is 17.7 Å². The Labute approximate surface area is 82.9 Å². The minimum absolute atomic E-state index is 0.139. The highest BCUT2D eigenvalue weighted by Crippen LogP contribution is 2.02. The molecule has 0 radical (unpaired) electrons. The number of nitriles is 1. The second-order valence-electron chi connectivity index (χ2n) is 2.92. The van der Waals surface area contributed by atoms with Gasteiger partial charge in [0.15, 0.2) is 0 Å². The predicted octanol–water partition coefficient (Wildman–Crippen LogP) is -0.340. The van der Waals surface area contributed by atoms with Crippen LogP contribution in [0.4, 0.5) is 0 Å². The van der Waals surface area contributed by atoms with E-state index in [1.165, 1.54) is 0 Å². The van der Waals surface area contributed by atoms with E-state index in [0.29, 0.717) is 12.1 Å². The summed E-state index contributed by atoms with van der Waals surface area (Å²) in [6, 6.07) is 9.14. The van der Waals surface area contributed by atoms with E-state index in [9.17, 15) is 0 Å². The Balaban J connectivity index is 2.41. The molecule has 0 atom stereocenters. The van der Waals surface area contributed by atoms with E-state index in [2.05, 4.69) is 5.32 Å². The molecule has 0 amide bonds. The highest BCUT2D eigenvalue weighted by molar-refractivity contribution is 6.41. The van der Waals surface area contributed by atoms with Gasteiger partial charge in [-0.25, -0.2) is 0 Å². The lowest BCUT2D eigenvalue weighted by Crippen LogP contribution is -2.30. The van der Waals surface area contributed by atoms with Crippen LogP contribution in [-0.2, 0) is 6.54 Å². The van der Waals surface area contributed by atoms with E-state index in [-0.39, 0.29) is 6.44 Å². The molecule has 0 aromatic heterocycles. The van der Waals surface area contributed by atoms with Gasteiger partial charge in [0, 0.05) is 13.0 Å². The maximum Gasteiger partial charge on any atom is 0.466 e. The largest absolute Gasteiger partial charge is 0.466 e. The third kappa shape index (κ3) is 3.58. The van der Waals surface area contributed by atoms with Gasteiger partial charge in [-0.15, -0.1) is 0 Å². The van der Waals surface area contributed by atoms with Crippen molar-refractivity contribution < 1.29 is 10.0 Å². The number of hydrogen-bond acceptors (Lipinski definition) is 4. The lowest BCUT2D eigenvalue weighted by atomic mass is 9.92. The molecule has 1 rings (SSSR count). The van der Waals surface area contributed by atoms with Crippen molar-refractivity contribution >= 4 is 7.12 Å². The molecule has 0 spiro atoms. The summed E-state index contributed by atoms with van der Waals surface area (Å²) < 4.78 is 0. The molecule has 3 N–H and O–H groups in total. The fourth-order valence-electron chi connectivity index (χ4n) is 1.04. The van der Waals surface area contributed by atoms with Crippen molar-refractivity contribution in [2.45, 2.75) is 6.54 Å². The van der Waals surface area contributed by atoms with Crippen molar-refractivity contribution in [3.8, 4) is 6.07 Å². The number of rotatable bonds is 4. The molecule has 1 aromatic rings. The zero-order valence-electron chi connectivity index (χ0n) is 7.64. The van der Waals surface area contributed by atoms with Gasteiger partial charge < -0.3 is 15.4 Å². The van der Waals surface area contributed by atoms with E-state index < -0.39 is 7.12 Å². The van der Waals surface area contributed by atoms with Crippen LogP contribution in [0.1, 0.15) is 11.1 Å². The van der Waals surface area contributed by atoms with E-state index in [1.54, 1.807) is 12.1 Å². The van der Waals surface area contributed by atoms with Crippen molar-refractivity contribution in [1.82, 2.24) is 5.32 Å². The van der Waals surface area contributed by atoms with Crippen LogP contribution in [0.25, 0.3) is 0 Å². The first-order chi connectivity index (χ1) is 6.72. The number of nitrogens with one attached hydrogen (secondary N) is 1. The zero-order valence-corrected chi connectivity index (χ0v) is 7.64. The quantitative estimate of drug-likeness (QED) is 0.567. The molecule has 0 saturated heterocycles. The fraction of sp³-hybridized carbons (Fsp3) is 0.222. The van der Waals surface area contributed by atoms with Crippen molar-refractivity contribution in [3.05, 3.63) is 35.4 Å². The molecule has 0 heterocycles. The normalized spacial score (nSPS) is 9.50. The van der Waals surface area contributed by atoms with Crippen LogP contribution in [0.5, 0.6) is 0 Å². The smallest absolute Gasteiger partial charge is 0.426 e. The number of benzene rings is 1. The number of nitrogens with zero attached hydrogens (tertiary/aromatic N) is 1. The van der Waals surface area contributed by atoms with Crippen LogP contribution < -0.4 is 5.32 Å². The van der Waals surface area contributed by atoms with Gasteiger partial charge in [0.1, 0.15) is 0 Å². The molecule has 1 aromatic carbocycles. The van der Waals surface area contributed by atoms with Crippen molar-refractivity contribution in [1.29, 1.82) is 5.26 Å². The van der Waals surface area contributed by atoms with Crippen LogP contribution in [0.2, 0.25) is 0 Å².